The fraction of sp³-hybridized carbons (Fsp3) is 0.312. The third-order valence-electron chi connectivity index (χ3n) is 4.56. The van der Waals surface area contributed by atoms with Gasteiger partial charge in [0, 0.05) is 5.69 Å². The number of aliphatic hydroxyl groups is 2. The van der Waals surface area contributed by atoms with E-state index in [4.69, 9.17) is 14.5 Å². The third kappa shape index (κ3) is 4.50. The van der Waals surface area contributed by atoms with Gasteiger partial charge in [-0.3, -0.25) is 18.9 Å². The Bertz CT molecular complexity index is 1190. The number of phosphoric ester groups is 1. The zero-order valence-corrected chi connectivity index (χ0v) is 16.4. The Hall–Kier alpha value is -2.71. The van der Waals surface area contributed by atoms with Crippen molar-refractivity contribution in [3.8, 4) is 0 Å². The number of hydrogen-bond donors (Lipinski definition) is 6. The number of phosphoric acid groups is 1. The molecular weight excluding hydrogens is 440 g/mol. The second-order valence-corrected chi connectivity index (χ2v) is 7.94. The van der Waals surface area contributed by atoms with Crippen LogP contribution in [0.1, 0.15) is 6.23 Å². The third-order valence-corrected chi connectivity index (χ3v) is 5.04. The highest BCUT2D eigenvalue weighted by Crippen LogP contribution is 2.38. The number of halogens is 1. The first-order chi connectivity index (χ1) is 14.6. The van der Waals surface area contributed by atoms with Gasteiger partial charge in [0.05, 0.1) is 12.9 Å². The molecule has 1 aliphatic heterocycles. The molecule has 4 atom stereocenters. The SMILES string of the molecule is O=c1[nH]c(Nc2ccc(F)cc2)nc2c1ncn2[C@@H]1O[C@H](COP(=O)(O)O)[C@@H](O)[C@H]1O. The molecule has 6 N–H and O–H groups in total. The average Bonchev–Trinajstić information content (AvgIpc) is 3.24. The minimum Gasteiger partial charge on any atom is -0.387 e. The minimum atomic E-state index is -4.81. The van der Waals surface area contributed by atoms with E-state index in [1.54, 1.807) is 0 Å². The van der Waals surface area contributed by atoms with Crippen molar-refractivity contribution in [3.63, 3.8) is 0 Å². The summed E-state index contributed by atoms with van der Waals surface area (Å²) in [5.41, 5.74) is -0.244. The quantitative estimate of drug-likeness (QED) is 0.267. The van der Waals surface area contributed by atoms with Gasteiger partial charge in [-0.2, -0.15) is 4.98 Å². The average molecular weight is 457 g/mol. The Morgan fingerprint density at radius 2 is 1.97 bits per heavy atom. The lowest BCUT2D eigenvalue weighted by Crippen LogP contribution is -2.33. The minimum absolute atomic E-state index is 0.000256. The van der Waals surface area contributed by atoms with Crippen LogP contribution >= 0.6 is 7.82 Å². The van der Waals surface area contributed by atoms with E-state index in [0.29, 0.717) is 5.69 Å². The summed E-state index contributed by atoms with van der Waals surface area (Å²) in [5.74, 6) is -0.441. The highest BCUT2D eigenvalue weighted by Gasteiger charge is 2.45. The van der Waals surface area contributed by atoms with Gasteiger partial charge in [-0.25, -0.2) is 13.9 Å². The number of anilines is 2. The number of ether oxygens (including phenoxy) is 1. The fourth-order valence-electron chi connectivity index (χ4n) is 3.11. The first kappa shape index (κ1) is 21.5. The van der Waals surface area contributed by atoms with Gasteiger partial charge in [0.2, 0.25) is 5.95 Å². The maximum absolute atomic E-state index is 13.1. The zero-order valence-electron chi connectivity index (χ0n) is 15.5. The lowest BCUT2D eigenvalue weighted by atomic mass is 10.1. The molecule has 1 fully saturated rings. The molecule has 1 aromatic carbocycles. The number of hydrogen-bond acceptors (Lipinski definition) is 9. The number of aliphatic hydroxyl groups excluding tert-OH is 2. The number of H-pyrrole nitrogens is 1. The summed E-state index contributed by atoms with van der Waals surface area (Å²) >= 11 is 0. The van der Waals surface area contributed by atoms with E-state index < -0.39 is 50.3 Å². The van der Waals surface area contributed by atoms with E-state index in [1.165, 1.54) is 35.2 Å². The highest BCUT2D eigenvalue weighted by molar-refractivity contribution is 7.46. The van der Waals surface area contributed by atoms with Crippen molar-refractivity contribution in [3.05, 3.63) is 46.8 Å². The van der Waals surface area contributed by atoms with Crippen LogP contribution in [-0.2, 0) is 13.8 Å². The van der Waals surface area contributed by atoms with E-state index in [-0.39, 0.29) is 17.1 Å². The van der Waals surface area contributed by atoms with Crippen molar-refractivity contribution < 1.29 is 38.2 Å². The van der Waals surface area contributed by atoms with Crippen LogP contribution in [0.3, 0.4) is 0 Å². The number of rotatable bonds is 6. The van der Waals surface area contributed by atoms with Crippen molar-refractivity contribution in [1.82, 2.24) is 19.5 Å². The molecule has 0 bridgehead atoms. The van der Waals surface area contributed by atoms with Crippen LogP contribution in [0, 0.1) is 5.82 Å². The molecule has 166 valence electrons. The maximum atomic E-state index is 13.1. The molecule has 0 aliphatic carbocycles. The molecule has 3 heterocycles. The van der Waals surface area contributed by atoms with Crippen LogP contribution in [0.5, 0.6) is 0 Å². The van der Waals surface area contributed by atoms with Crippen LogP contribution in [0.15, 0.2) is 35.4 Å². The van der Waals surface area contributed by atoms with Crippen LogP contribution in [0.2, 0.25) is 0 Å². The van der Waals surface area contributed by atoms with Gasteiger partial charge in [-0.05, 0) is 24.3 Å². The summed E-state index contributed by atoms with van der Waals surface area (Å²) in [5, 5.41) is 23.3. The van der Waals surface area contributed by atoms with Crippen LogP contribution in [-0.4, -0.2) is 64.4 Å². The van der Waals surface area contributed by atoms with Crippen LogP contribution < -0.4 is 10.9 Å². The van der Waals surface area contributed by atoms with Crippen molar-refractivity contribution in [2.75, 3.05) is 11.9 Å². The molecule has 1 saturated heterocycles. The molecule has 13 nitrogen and oxygen atoms in total. The first-order valence-electron chi connectivity index (χ1n) is 8.83. The van der Waals surface area contributed by atoms with E-state index in [9.17, 15) is 24.0 Å². The van der Waals surface area contributed by atoms with Gasteiger partial charge >= 0.3 is 7.82 Å². The lowest BCUT2D eigenvalue weighted by Gasteiger charge is -2.16. The molecule has 0 spiro atoms. The molecular formula is C16H17FN5O8P. The summed E-state index contributed by atoms with van der Waals surface area (Å²) in [6, 6.07) is 5.30. The summed E-state index contributed by atoms with van der Waals surface area (Å²) < 4.78 is 35.0. The summed E-state index contributed by atoms with van der Waals surface area (Å²) in [6.45, 7) is -0.684. The number of imidazole rings is 1. The molecule has 4 rings (SSSR count). The van der Waals surface area contributed by atoms with E-state index in [1.807, 2.05) is 0 Å². The van der Waals surface area contributed by atoms with Gasteiger partial charge in [-0.1, -0.05) is 0 Å². The van der Waals surface area contributed by atoms with Gasteiger partial charge in [0.25, 0.3) is 5.56 Å². The Balaban J connectivity index is 1.63. The summed E-state index contributed by atoms with van der Waals surface area (Å²) in [7, 11) is -4.81. The number of fused-ring (bicyclic) bond motifs is 1. The molecule has 0 radical (unpaired) electrons. The molecule has 1 aliphatic rings. The fourth-order valence-corrected chi connectivity index (χ4v) is 3.45. The molecule has 31 heavy (non-hydrogen) atoms. The monoisotopic (exact) mass is 457 g/mol. The van der Waals surface area contributed by atoms with Crippen LogP contribution in [0.25, 0.3) is 11.2 Å². The molecule has 15 heteroatoms. The second-order valence-electron chi connectivity index (χ2n) is 6.70. The molecule has 0 unspecified atom stereocenters. The topological polar surface area (TPSA) is 192 Å². The van der Waals surface area contributed by atoms with Crippen molar-refractivity contribution in [2.45, 2.75) is 24.5 Å². The number of benzene rings is 1. The van der Waals surface area contributed by atoms with E-state index >= 15 is 0 Å². The van der Waals surface area contributed by atoms with Crippen molar-refractivity contribution >= 4 is 30.6 Å². The number of aromatic nitrogens is 4. The normalized spacial score (nSPS) is 24.0. The number of nitrogens with one attached hydrogen (secondary N) is 2. The highest BCUT2D eigenvalue weighted by atomic mass is 31.2. The van der Waals surface area contributed by atoms with Gasteiger partial charge in [-0.15, -0.1) is 0 Å². The van der Waals surface area contributed by atoms with E-state index in [0.717, 1.165) is 0 Å². The van der Waals surface area contributed by atoms with Crippen molar-refractivity contribution in [2.24, 2.45) is 0 Å². The number of nitrogens with zero attached hydrogens (tertiary/aromatic N) is 3. The second kappa shape index (κ2) is 8.09. The number of aromatic amines is 1. The molecule has 0 saturated carbocycles. The zero-order chi connectivity index (χ0) is 22.3. The van der Waals surface area contributed by atoms with Gasteiger partial charge < -0.3 is 30.1 Å². The Kier molecular flexibility index (Phi) is 5.61. The molecule has 3 aromatic rings. The molecule has 0 amide bonds. The Morgan fingerprint density at radius 3 is 2.65 bits per heavy atom. The van der Waals surface area contributed by atoms with Crippen LogP contribution in [0.4, 0.5) is 16.0 Å². The Labute approximate surface area is 172 Å². The predicted molar refractivity (Wildman–Crippen MR) is 102 cm³/mol. The maximum Gasteiger partial charge on any atom is 0.469 e. The first-order valence-corrected chi connectivity index (χ1v) is 10.4. The lowest BCUT2D eigenvalue weighted by molar-refractivity contribution is -0.0503. The Morgan fingerprint density at radius 1 is 1.26 bits per heavy atom. The summed E-state index contributed by atoms with van der Waals surface area (Å²) in [6.07, 6.45) is -4.42. The standard InChI is InChI=1S/C16H17FN5O8P/c17-7-1-3-8(4-2-7)19-16-20-13-10(14(25)21-16)18-6-22(13)15-12(24)11(23)9(30-15)5-29-31(26,27)28/h1-4,6,9,11-12,15,23-24H,5H2,(H2,26,27,28)(H2,19,20,21,25)/t9-,11-,12-,15-/m1/s1. The van der Waals surface area contributed by atoms with E-state index in [2.05, 4.69) is 24.8 Å². The smallest absolute Gasteiger partial charge is 0.387 e. The largest absolute Gasteiger partial charge is 0.469 e. The molecule has 2 aromatic heterocycles. The predicted octanol–water partition coefficient (Wildman–Crippen LogP) is -0.269. The van der Waals surface area contributed by atoms with Gasteiger partial charge in [0.1, 0.15) is 24.1 Å². The summed E-state index contributed by atoms with van der Waals surface area (Å²) in [4.78, 5) is 40.7. The van der Waals surface area contributed by atoms with Crippen molar-refractivity contribution in [1.29, 1.82) is 0 Å². The van der Waals surface area contributed by atoms with Gasteiger partial charge in [0.15, 0.2) is 17.4 Å².